The first-order valence-corrected chi connectivity index (χ1v) is 9.27. The van der Waals surface area contributed by atoms with E-state index in [0.717, 1.165) is 29.5 Å². The number of hydrogen-bond donors (Lipinski definition) is 0. The molecule has 4 nitrogen and oxygen atoms in total. The maximum absolute atomic E-state index is 10.8. The van der Waals surface area contributed by atoms with Gasteiger partial charge in [0, 0.05) is 22.2 Å². The molecule has 0 unspecified atom stereocenters. The standard InChI is InChI=1S/C17H17NO3S2/c1-22-16-8-4-13(5-9-16)10-11-21-15-6-2-14(3-7-15)12-23-17(19)18-20/h2-9H,10-12H2,1H3. The van der Waals surface area contributed by atoms with Gasteiger partial charge in [0.1, 0.15) is 5.75 Å². The molecule has 0 heterocycles. The van der Waals surface area contributed by atoms with Crippen LogP contribution in [0.2, 0.25) is 0 Å². The van der Waals surface area contributed by atoms with Gasteiger partial charge in [0.05, 0.1) is 6.61 Å². The monoisotopic (exact) mass is 347 g/mol. The fraction of sp³-hybridized carbons (Fsp3) is 0.235. The molecule has 0 saturated carbocycles. The Bertz CT molecular complexity index is 642. The number of carbonyl (C=O) groups is 1. The van der Waals surface area contributed by atoms with E-state index in [0.29, 0.717) is 12.4 Å². The SMILES string of the molecule is CSc1ccc(CCOc2ccc(CSC(=O)N=O)cc2)cc1. The molecule has 0 bridgehead atoms. The number of hydrogen-bond acceptors (Lipinski definition) is 5. The maximum Gasteiger partial charge on any atom is 0.343 e. The van der Waals surface area contributed by atoms with E-state index < -0.39 is 5.24 Å². The third-order valence-electron chi connectivity index (χ3n) is 3.18. The van der Waals surface area contributed by atoms with E-state index in [9.17, 15) is 9.70 Å². The maximum atomic E-state index is 10.8. The highest BCUT2D eigenvalue weighted by Gasteiger charge is 2.03. The van der Waals surface area contributed by atoms with Crippen LogP contribution in [0.4, 0.5) is 4.79 Å². The van der Waals surface area contributed by atoms with Crippen molar-refractivity contribution in [2.24, 2.45) is 5.18 Å². The Hall–Kier alpha value is -1.79. The molecule has 2 aromatic carbocycles. The summed E-state index contributed by atoms with van der Waals surface area (Å²) in [5.41, 5.74) is 2.20. The first-order chi connectivity index (χ1) is 11.2. The van der Waals surface area contributed by atoms with Crippen molar-refractivity contribution >= 4 is 28.8 Å². The largest absolute Gasteiger partial charge is 0.493 e. The number of carbonyl (C=O) groups excluding carboxylic acids is 1. The first kappa shape index (κ1) is 17.6. The van der Waals surface area contributed by atoms with E-state index in [-0.39, 0.29) is 0 Å². The Balaban J connectivity index is 1.77. The van der Waals surface area contributed by atoms with Crippen LogP contribution < -0.4 is 4.74 Å². The highest BCUT2D eigenvalue weighted by molar-refractivity contribution is 8.12. The molecule has 2 rings (SSSR count). The van der Waals surface area contributed by atoms with Gasteiger partial charge in [-0.2, -0.15) is 0 Å². The molecule has 0 aliphatic rings. The van der Waals surface area contributed by atoms with Crippen LogP contribution >= 0.6 is 23.5 Å². The van der Waals surface area contributed by atoms with Gasteiger partial charge in [0.25, 0.3) is 0 Å². The normalized spacial score (nSPS) is 10.3. The van der Waals surface area contributed by atoms with Crippen molar-refractivity contribution < 1.29 is 9.53 Å². The Morgan fingerprint density at radius 1 is 1.04 bits per heavy atom. The molecule has 0 aromatic heterocycles. The van der Waals surface area contributed by atoms with Crippen LogP contribution in [0.1, 0.15) is 11.1 Å². The van der Waals surface area contributed by atoms with E-state index in [1.807, 2.05) is 24.3 Å². The van der Waals surface area contributed by atoms with Crippen LogP contribution in [0, 0.1) is 4.91 Å². The topological polar surface area (TPSA) is 55.7 Å². The number of amides is 1. The highest BCUT2D eigenvalue weighted by atomic mass is 32.2. The zero-order valence-corrected chi connectivity index (χ0v) is 14.4. The van der Waals surface area contributed by atoms with Gasteiger partial charge in [0.15, 0.2) is 0 Å². The van der Waals surface area contributed by atoms with Gasteiger partial charge in [-0.3, -0.25) is 4.79 Å². The molecule has 0 radical (unpaired) electrons. The molecule has 0 spiro atoms. The number of rotatable bonds is 7. The lowest BCUT2D eigenvalue weighted by Gasteiger charge is -2.07. The summed E-state index contributed by atoms with van der Waals surface area (Å²) in [6.45, 7) is 0.611. The van der Waals surface area contributed by atoms with Crippen LogP contribution in [-0.4, -0.2) is 18.1 Å². The van der Waals surface area contributed by atoms with Gasteiger partial charge in [-0.1, -0.05) is 36.0 Å². The third-order valence-corrected chi connectivity index (χ3v) is 4.72. The summed E-state index contributed by atoms with van der Waals surface area (Å²) in [6.07, 6.45) is 2.91. The Morgan fingerprint density at radius 2 is 1.70 bits per heavy atom. The van der Waals surface area contributed by atoms with Gasteiger partial charge in [-0.15, -0.1) is 16.7 Å². The summed E-state index contributed by atoms with van der Waals surface area (Å²) in [7, 11) is 0. The van der Waals surface area contributed by atoms with Crippen LogP contribution in [0.5, 0.6) is 5.75 Å². The smallest absolute Gasteiger partial charge is 0.343 e. The quantitative estimate of drug-likeness (QED) is 0.512. The van der Waals surface area contributed by atoms with Crippen molar-refractivity contribution in [2.45, 2.75) is 17.1 Å². The van der Waals surface area contributed by atoms with Crippen molar-refractivity contribution in [3.05, 3.63) is 64.6 Å². The van der Waals surface area contributed by atoms with E-state index in [2.05, 4.69) is 35.7 Å². The van der Waals surface area contributed by atoms with Crippen LogP contribution in [-0.2, 0) is 12.2 Å². The molecule has 23 heavy (non-hydrogen) atoms. The summed E-state index contributed by atoms with van der Waals surface area (Å²) >= 11 is 2.62. The number of benzene rings is 2. The molecular formula is C17H17NO3S2. The van der Waals surface area contributed by atoms with E-state index in [1.165, 1.54) is 10.5 Å². The molecular weight excluding hydrogens is 330 g/mol. The zero-order chi connectivity index (χ0) is 16.5. The van der Waals surface area contributed by atoms with Crippen molar-refractivity contribution in [3.63, 3.8) is 0 Å². The zero-order valence-electron chi connectivity index (χ0n) is 12.7. The second-order valence-electron chi connectivity index (χ2n) is 4.74. The Kier molecular flexibility index (Phi) is 7.16. The van der Waals surface area contributed by atoms with Crippen molar-refractivity contribution in [1.29, 1.82) is 0 Å². The molecule has 2 aromatic rings. The lowest BCUT2D eigenvalue weighted by molar-refractivity contribution is 0.267. The fourth-order valence-corrected chi connectivity index (χ4v) is 2.88. The van der Waals surface area contributed by atoms with Gasteiger partial charge in [-0.05, 0) is 41.6 Å². The minimum absolute atomic E-state index is 0.437. The number of thioether (sulfide) groups is 2. The summed E-state index contributed by atoms with van der Waals surface area (Å²) in [4.78, 5) is 22.1. The second kappa shape index (κ2) is 9.37. The predicted octanol–water partition coefficient (Wildman–Crippen LogP) is 5.15. The minimum Gasteiger partial charge on any atom is -0.493 e. The Morgan fingerprint density at radius 3 is 2.30 bits per heavy atom. The highest BCUT2D eigenvalue weighted by Crippen LogP contribution is 2.19. The first-order valence-electron chi connectivity index (χ1n) is 7.06. The summed E-state index contributed by atoms with van der Waals surface area (Å²) in [6, 6.07) is 16.0. The average Bonchev–Trinajstić information content (AvgIpc) is 2.61. The minimum atomic E-state index is -0.696. The molecule has 0 N–H and O–H groups in total. The molecule has 0 fully saturated rings. The Labute approximate surface area is 144 Å². The lowest BCUT2D eigenvalue weighted by atomic mass is 10.2. The average molecular weight is 347 g/mol. The van der Waals surface area contributed by atoms with Crippen LogP contribution in [0.15, 0.2) is 58.6 Å². The van der Waals surface area contributed by atoms with Crippen LogP contribution in [0.25, 0.3) is 0 Å². The number of ether oxygens (including phenoxy) is 1. The van der Waals surface area contributed by atoms with Gasteiger partial charge < -0.3 is 4.74 Å². The van der Waals surface area contributed by atoms with Crippen molar-refractivity contribution in [3.8, 4) is 5.75 Å². The number of nitroso groups, excluding NO2 is 1. The number of nitrogens with zero attached hydrogens (tertiary/aromatic N) is 1. The van der Waals surface area contributed by atoms with E-state index in [4.69, 9.17) is 4.74 Å². The van der Waals surface area contributed by atoms with Gasteiger partial charge in [0.2, 0.25) is 0 Å². The summed E-state index contributed by atoms with van der Waals surface area (Å²) < 4.78 is 5.72. The molecule has 0 aliphatic heterocycles. The third kappa shape index (κ3) is 6.08. The summed E-state index contributed by atoms with van der Waals surface area (Å²) in [5, 5.41) is 1.65. The molecule has 1 amide bonds. The van der Waals surface area contributed by atoms with E-state index in [1.54, 1.807) is 11.8 Å². The molecule has 0 saturated heterocycles. The van der Waals surface area contributed by atoms with Crippen LogP contribution in [0.3, 0.4) is 0 Å². The van der Waals surface area contributed by atoms with Crippen molar-refractivity contribution in [1.82, 2.24) is 0 Å². The van der Waals surface area contributed by atoms with E-state index >= 15 is 0 Å². The molecule has 0 atom stereocenters. The van der Waals surface area contributed by atoms with Crippen molar-refractivity contribution in [2.75, 3.05) is 12.9 Å². The molecule has 120 valence electrons. The summed E-state index contributed by atoms with van der Waals surface area (Å²) in [5.74, 6) is 1.23. The lowest BCUT2D eigenvalue weighted by Crippen LogP contribution is -2.01. The molecule has 0 aliphatic carbocycles. The van der Waals surface area contributed by atoms with Gasteiger partial charge >= 0.3 is 5.24 Å². The second-order valence-corrected chi connectivity index (χ2v) is 6.54. The predicted molar refractivity (Wildman–Crippen MR) is 96.4 cm³/mol. The van der Waals surface area contributed by atoms with Gasteiger partial charge in [-0.25, -0.2) is 0 Å². The fourth-order valence-electron chi connectivity index (χ4n) is 1.93. The molecule has 6 heteroatoms.